The topological polar surface area (TPSA) is 38.7 Å². The Kier molecular flexibility index (Phi) is 8.19. The van der Waals surface area contributed by atoms with Crippen LogP contribution in [0.3, 0.4) is 0 Å². The summed E-state index contributed by atoms with van der Waals surface area (Å²) in [7, 11) is 0. The minimum Gasteiger partial charge on any atom is -0.396 e. The van der Waals surface area contributed by atoms with E-state index in [0.717, 1.165) is 17.6 Å². The van der Waals surface area contributed by atoms with Crippen molar-refractivity contribution in [1.29, 1.82) is 0 Å². The summed E-state index contributed by atoms with van der Waals surface area (Å²) in [4.78, 5) is 0. The Morgan fingerprint density at radius 2 is 1.48 bits per heavy atom. The molecule has 4 atom stereocenters. The molecule has 0 saturated carbocycles. The van der Waals surface area contributed by atoms with E-state index in [2.05, 4.69) is 13.8 Å². The van der Waals surface area contributed by atoms with Crippen LogP contribution in [0.2, 0.25) is 0 Å². The number of nitrogens with zero attached hydrogens (tertiary/aromatic N) is 1. The van der Waals surface area contributed by atoms with Crippen molar-refractivity contribution >= 4 is 0 Å². The van der Waals surface area contributed by atoms with Gasteiger partial charge in [-0.3, -0.25) is 9.22 Å². The van der Waals surface area contributed by atoms with E-state index in [9.17, 15) is 5.11 Å². The average Bonchev–Trinajstić information content (AvgIpc) is 3.04. The molecule has 0 aromatic carbocycles. The van der Waals surface area contributed by atoms with Gasteiger partial charge in [-0.05, 0) is 33.1 Å². The molecule has 0 spiro atoms. The maximum Gasteiger partial charge on any atom is 0.223 e. The SMILES string of the molecule is CCCCCCCCC[N@+]1(CCCC)C[C@H](CO)[C@H]2OC(C)(C)O[C@@H]21. The van der Waals surface area contributed by atoms with Crippen molar-refractivity contribution in [1.82, 2.24) is 0 Å². The summed E-state index contributed by atoms with van der Waals surface area (Å²) in [5, 5.41) is 9.89. The molecule has 2 heterocycles. The van der Waals surface area contributed by atoms with Crippen LogP contribution >= 0.6 is 0 Å². The summed E-state index contributed by atoms with van der Waals surface area (Å²) >= 11 is 0. The first-order valence-corrected chi connectivity index (χ1v) is 10.8. The molecule has 0 radical (unpaired) electrons. The van der Waals surface area contributed by atoms with Gasteiger partial charge in [0.05, 0.1) is 32.2 Å². The monoisotopic (exact) mass is 356 g/mol. The van der Waals surface area contributed by atoms with E-state index in [0.29, 0.717) is 0 Å². The number of ether oxygens (including phenoxy) is 2. The fraction of sp³-hybridized carbons (Fsp3) is 1.00. The smallest absolute Gasteiger partial charge is 0.223 e. The number of quaternary nitrogens is 1. The zero-order chi connectivity index (χ0) is 18.3. The Balaban J connectivity index is 1.94. The Bertz CT molecular complexity index is 387. The maximum atomic E-state index is 9.89. The lowest BCUT2D eigenvalue weighted by atomic mass is 10.1. The number of unbranched alkanes of at least 4 members (excludes halogenated alkanes) is 7. The van der Waals surface area contributed by atoms with E-state index < -0.39 is 5.79 Å². The quantitative estimate of drug-likeness (QED) is 0.415. The highest BCUT2D eigenvalue weighted by molar-refractivity contribution is 4.88. The van der Waals surface area contributed by atoms with Crippen molar-refractivity contribution in [3.05, 3.63) is 0 Å². The van der Waals surface area contributed by atoms with Crippen LogP contribution in [0.5, 0.6) is 0 Å². The lowest BCUT2D eigenvalue weighted by Crippen LogP contribution is -2.55. The van der Waals surface area contributed by atoms with Crippen LogP contribution in [0.25, 0.3) is 0 Å². The highest BCUT2D eigenvalue weighted by Crippen LogP contribution is 2.44. The largest absolute Gasteiger partial charge is 0.396 e. The van der Waals surface area contributed by atoms with Crippen LogP contribution in [0.4, 0.5) is 0 Å². The van der Waals surface area contributed by atoms with Gasteiger partial charge in [0.15, 0.2) is 5.79 Å². The van der Waals surface area contributed by atoms with Crippen molar-refractivity contribution in [2.24, 2.45) is 5.92 Å². The molecule has 2 fully saturated rings. The van der Waals surface area contributed by atoms with Gasteiger partial charge in [0.25, 0.3) is 0 Å². The molecule has 2 aliphatic heterocycles. The summed E-state index contributed by atoms with van der Waals surface area (Å²) < 4.78 is 13.6. The summed E-state index contributed by atoms with van der Waals surface area (Å²) in [5.74, 6) is -0.299. The molecule has 148 valence electrons. The van der Waals surface area contributed by atoms with Crippen LogP contribution in [0, 0.1) is 5.92 Å². The van der Waals surface area contributed by atoms with Crippen molar-refractivity contribution in [2.45, 2.75) is 104 Å². The second-order valence-electron chi connectivity index (χ2n) is 8.76. The van der Waals surface area contributed by atoms with Crippen LogP contribution in [-0.4, -0.2) is 53.9 Å². The molecule has 0 unspecified atom stereocenters. The Labute approximate surface area is 155 Å². The van der Waals surface area contributed by atoms with Crippen molar-refractivity contribution < 1.29 is 19.1 Å². The second-order valence-corrected chi connectivity index (χ2v) is 8.76. The molecular formula is C21H42NO3+. The summed E-state index contributed by atoms with van der Waals surface area (Å²) in [6.07, 6.45) is 12.0. The molecule has 0 aromatic heterocycles. The molecule has 25 heavy (non-hydrogen) atoms. The number of rotatable bonds is 12. The number of aliphatic hydroxyl groups is 1. The average molecular weight is 357 g/mol. The third-order valence-electron chi connectivity index (χ3n) is 6.11. The molecule has 1 N–H and O–H groups in total. The minimum absolute atomic E-state index is 0.0569. The number of likely N-dealkylation sites (tertiary alicyclic amines) is 1. The van der Waals surface area contributed by atoms with Gasteiger partial charge in [-0.2, -0.15) is 0 Å². The zero-order valence-corrected chi connectivity index (χ0v) is 17.1. The number of hydrogen-bond acceptors (Lipinski definition) is 3. The lowest BCUT2D eigenvalue weighted by molar-refractivity contribution is -0.961. The fourth-order valence-corrected chi connectivity index (χ4v) is 4.77. The number of fused-ring (bicyclic) bond motifs is 1. The molecule has 4 heteroatoms. The van der Waals surface area contributed by atoms with Gasteiger partial charge in [-0.25, -0.2) is 0 Å². The third kappa shape index (κ3) is 5.41. The second kappa shape index (κ2) is 9.68. The molecular weight excluding hydrogens is 314 g/mol. The molecule has 2 aliphatic rings. The Morgan fingerprint density at radius 3 is 2.12 bits per heavy atom. The van der Waals surface area contributed by atoms with E-state index >= 15 is 0 Å². The van der Waals surface area contributed by atoms with Gasteiger partial charge in [0.1, 0.15) is 6.10 Å². The van der Waals surface area contributed by atoms with E-state index in [-0.39, 0.29) is 24.9 Å². The van der Waals surface area contributed by atoms with Crippen LogP contribution in [0.15, 0.2) is 0 Å². The fourth-order valence-electron chi connectivity index (χ4n) is 4.77. The minimum atomic E-state index is -0.515. The first kappa shape index (κ1) is 21.1. The summed E-state index contributed by atoms with van der Waals surface area (Å²) in [5.41, 5.74) is 0. The summed E-state index contributed by atoms with van der Waals surface area (Å²) in [6, 6.07) is 0. The van der Waals surface area contributed by atoms with E-state index in [1.54, 1.807) is 0 Å². The van der Waals surface area contributed by atoms with Crippen molar-refractivity contribution in [3.63, 3.8) is 0 Å². The standard InChI is InChI=1S/C21H42NO3/c1-5-7-9-10-11-12-13-15-22(14-8-6-2)16-18(17-23)19-20(22)25-21(3,4)24-19/h18-20,23H,5-17H2,1-4H3/q+1/t18-,19-,20+,22-/m1/s1. The van der Waals surface area contributed by atoms with Gasteiger partial charge in [-0.1, -0.05) is 52.4 Å². The Morgan fingerprint density at radius 1 is 0.880 bits per heavy atom. The predicted molar refractivity (Wildman–Crippen MR) is 102 cm³/mol. The maximum absolute atomic E-state index is 9.89. The van der Waals surface area contributed by atoms with Gasteiger partial charge in [-0.15, -0.1) is 0 Å². The molecule has 0 bridgehead atoms. The van der Waals surface area contributed by atoms with Gasteiger partial charge in [0, 0.05) is 0 Å². The van der Waals surface area contributed by atoms with Gasteiger partial charge < -0.3 is 9.84 Å². The molecule has 0 aliphatic carbocycles. The predicted octanol–water partition coefficient (Wildman–Crippen LogP) is 4.45. The molecule has 2 saturated heterocycles. The lowest BCUT2D eigenvalue weighted by Gasteiger charge is -2.39. The molecule has 0 aromatic rings. The normalized spacial score (nSPS) is 33.7. The highest BCUT2D eigenvalue weighted by Gasteiger charge is 2.61. The zero-order valence-electron chi connectivity index (χ0n) is 17.1. The summed E-state index contributed by atoms with van der Waals surface area (Å²) in [6.45, 7) is 12.1. The highest BCUT2D eigenvalue weighted by atomic mass is 16.8. The van der Waals surface area contributed by atoms with E-state index in [1.807, 2.05) is 13.8 Å². The molecule has 0 amide bonds. The van der Waals surface area contributed by atoms with Crippen LogP contribution in [0.1, 0.15) is 85.5 Å². The Hall–Kier alpha value is -0.160. The van der Waals surface area contributed by atoms with Crippen LogP contribution < -0.4 is 0 Å². The molecule has 2 rings (SSSR count). The van der Waals surface area contributed by atoms with Gasteiger partial charge in [0.2, 0.25) is 6.23 Å². The third-order valence-corrected chi connectivity index (χ3v) is 6.11. The van der Waals surface area contributed by atoms with Crippen molar-refractivity contribution in [3.8, 4) is 0 Å². The first-order valence-electron chi connectivity index (χ1n) is 10.8. The van der Waals surface area contributed by atoms with E-state index in [1.165, 1.54) is 64.3 Å². The first-order chi connectivity index (χ1) is 12.0. The van der Waals surface area contributed by atoms with E-state index in [4.69, 9.17) is 9.47 Å². The molecule has 4 nitrogen and oxygen atoms in total. The number of aliphatic hydroxyl groups excluding tert-OH is 1. The van der Waals surface area contributed by atoms with Gasteiger partial charge >= 0.3 is 0 Å². The van der Waals surface area contributed by atoms with Crippen molar-refractivity contribution in [2.75, 3.05) is 26.2 Å². The van der Waals surface area contributed by atoms with Crippen LogP contribution in [-0.2, 0) is 9.47 Å². The number of hydrogen-bond donors (Lipinski definition) is 1.